The van der Waals surface area contributed by atoms with Gasteiger partial charge in [-0.2, -0.15) is 0 Å². The third-order valence-electron chi connectivity index (χ3n) is 3.13. The number of methoxy groups -OCH3 is 3. The number of hydrogen-bond donors (Lipinski definition) is 0. The first-order valence-electron chi connectivity index (χ1n) is 7.15. The second kappa shape index (κ2) is 9.10. The number of carbonyl (C=O) groups is 1. The van der Waals surface area contributed by atoms with Crippen LogP contribution >= 0.6 is 0 Å². The summed E-state index contributed by atoms with van der Waals surface area (Å²) in [4.78, 5) is 11.6. The minimum Gasteiger partial charge on any atom is -0.493 e. The largest absolute Gasteiger partial charge is 0.493 e. The van der Waals surface area contributed by atoms with Gasteiger partial charge >= 0.3 is 5.97 Å². The van der Waals surface area contributed by atoms with E-state index in [1.54, 1.807) is 12.1 Å². The normalized spacial score (nSPS) is 10.1. The molecule has 5 heteroatoms. The van der Waals surface area contributed by atoms with Crippen LogP contribution in [0.15, 0.2) is 12.1 Å². The minimum absolute atomic E-state index is 0.365. The zero-order chi connectivity index (χ0) is 15.7. The summed E-state index contributed by atoms with van der Waals surface area (Å²) in [6, 6.07) is 3.19. The smallest absolute Gasteiger partial charge is 0.338 e. The quantitative estimate of drug-likeness (QED) is 0.516. The average molecular weight is 296 g/mol. The summed E-state index contributed by atoms with van der Waals surface area (Å²) >= 11 is 0. The summed E-state index contributed by atoms with van der Waals surface area (Å²) in [7, 11) is 4.39. The van der Waals surface area contributed by atoms with Gasteiger partial charge in [0.2, 0.25) is 5.75 Å². The maximum absolute atomic E-state index is 11.6. The standard InChI is InChI=1S/C16H24O5/c1-5-6-7-8-9-21-15-13(18-2)10-12(16(17)20-4)11-14(15)19-3/h10-11H,5-9H2,1-4H3. The van der Waals surface area contributed by atoms with Crippen molar-refractivity contribution in [2.75, 3.05) is 27.9 Å². The lowest BCUT2D eigenvalue weighted by Gasteiger charge is -2.15. The van der Waals surface area contributed by atoms with Gasteiger partial charge < -0.3 is 18.9 Å². The fourth-order valence-corrected chi connectivity index (χ4v) is 1.96. The van der Waals surface area contributed by atoms with Crippen molar-refractivity contribution >= 4 is 5.97 Å². The highest BCUT2D eigenvalue weighted by molar-refractivity contribution is 5.91. The van der Waals surface area contributed by atoms with Crippen LogP contribution in [0.4, 0.5) is 0 Å². The highest BCUT2D eigenvalue weighted by Gasteiger charge is 2.17. The summed E-state index contributed by atoms with van der Waals surface area (Å²) in [5.74, 6) is 1.00. The molecule has 0 heterocycles. The number of benzene rings is 1. The van der Waals surface area contributed by atoms with Crippen LogP contribution in [0.3, 0.4) is 0 Å². The van der Waals surface area contributed by atoms with Crippen molar-refractivity contribution in [1.29, 1.82) is 0 Å². The maximum atomic E-state index is 11.6. The molecule has 1 aromatic carbocycles. The van der Waals surface area contributed by atoms with E-state index in [4.69, 9.17) is 18.9 Å². The van der Waals surface area contributed by atoms with Crippen molar-refractivity contribution in [3.05, 3.63) is 17.7 Å². The molecule has 0 aliphatic rings. The summed E-state index contributed by atoms with van der Waals surface area (Å²) in [5.41, 5.74) is 0.365. The average Bonchev–Trinajstić information content (AvgIpc) is 2.53. The Morgan fingerprint density at radius 2 is 1.62 bits per heavy atom. The van der Waals surface area contributed by atoms with Crippen LogP contribution in [0.5, 0.6) is 17.2 Å². The highest BCUT2D eigenvalue weighted by Crippen LogP contribution is 2.38. The Morgan fingerprint density at radius 3 is 2.10 bits per heavy atom. The summed E-state index contributed by atoms with van der Waals surface area (Å²) < 4.78 is 21.0. The number of hydrogen-bond acceptors (Lipinski definition) is 5. The predicted octanol–water partition coefficient (Wildman–Crippen LogP) is 3.45. The molecule has 0 bridgehead atoms. The maximum Gasteiger partial charge on any atom is 0.338 e. The van der Waals surface area contributed by atoms with E-state index in [-0.39, 0.29) is 0 Å². The SMILES string of the molecule is CCCCCCOc1c(OC)cc(C(=O)OC)cc1OC. The summed E-state index contributed by atoms with van der Waals surface area (Å²) in [6.45, 7) is 2.75. The first-order chi connectivity index (χ1) is 10.2. The van der Waals surface area contributed by atoms with Gasteiger partial charge in [-0.1, -0.05) is 26.2 Å². The zero-order valence-electron chi connectivity index (χ0n) is 13.2. The van der Waals surface area contributed by atoms with Gasteiger partial charge in [-0.15, -0.1) is 0 Å². The molecule has 0 fully saturated rings. The van der Waals surface area contributed by atoms with Gasteiger partial charge in [0, 0.05) is 0 Å². The lowest BCUT2D eigenvalue weighted by molar-refractivity contribution is 0.0599. The molecule has 0 atom stereocenters. The van der Waals surface area contributed by atoms with Crippen LogP contribution in [0.25, 0.3) is 0 Å². The molecule has 0 radical (unpaired) electrons. The van der Waals surface area contributed by atoms with Gasteiger partial charge in [-0.05, 0) is 18.6 Å². The fourth-order valence-electron chi connectivity index (χ4n) is 1.96. The minimum atomic E-state index is -0.443. The molecule has 0 amide bonds. The number of ether oxygens (including phenoxy) is 4. The highest BCUT2D eigenvalue weighted by atomic mass is 16.5. The van der Waals surface area contributed by atoms with Crippen molar-refractivity contribution in [2.45, 2.75) is 32.6 Å². The molecule has 5 nitrogen and oxygen atoms in total. The number of unbranched alkanes of at least 4 members (excludes halogenated alkanes) is 3. The van der Waals surface area contributed by atoms with Gasteiger partial charge in [0.25, 0.3) is 0 Å². The lowest BCUT2D eigenvalue weighted by Crippen LogP contribution is -2.06. The molecule has 0 spiro atoms. The van der Waals surface area contributed by atoms with E-state index in [2.05, 4.69) is 6.92 Å². The van der Waals surface area contributed by atoms with E-state index in [1.807, 2.05) is 0 Å². The second-order valence-corrected chi connectivity index (χ2v) is 4.61. The molecule has 0 saturated heterocycles. The topological polar surface area (TPSA) is 54.0 Å². The number of carbonyl (C=O) groups excluding carboxylic acids is 1. The molecule has 0 aliphatic heterocycles. The van der Waals surface area contributed by atoms with E-state index in [9.17, 15) is 4.79 Å². The van der Waals surface area contributed by atoms with Crippen LogP contribution in [-0.4, -0.2) is 33.9 Å². The molecule has 1 rings (SSSR count). The van der Waals surface area contributed by atoms with Crippen LogP contribution < -0.4 is 14.2 Å². The van der Waals surface area contributed by atoms with Crippen LogP contribution in [0, 0.1) is 0 Å². The van der Waals surface area contributed by atoms with Crippen molar-refractivity contribution in [3.8, 4) is 17.2 Å². The van der Waals surface area contributed by atoms with Gasteiger partial charge in [0.05, 0.1) is 33.5 Å². The monoisotopic (exact) mass is 296 g/mol. The summed E-state index contributed by atoms with van der Waals surface area (Å²) in [5, 5.41) is 0. The lowest BCUT2D eigenvalue weighted by atomic mass is 10.2. The molecule has 0 N–H and O–H groups in total. The van der Waals surface area contributed by atoms with Crippen molar-refractivity contribution in [2.24, 2.45) is 0 Å². The zero-order valence-corrected chi connectivity index (χ0v) is 13.2. The van der Waals surface area contributed by atoms with E-state index in [1.165, 1.54) is 34.2 Å². The van der Waals surface area contributed by atoms with Crippen LogP contribution in [-0.2, 0) is 4.74 Å². The Bertz CT molecular complexity index is 431. The Balaban J connectivity index is 2.88. The third-order valence-corrected chi connectivity index (χ3v) is 3.13. The van der Waals surface area contributed by atoms with Gasteiger partial charge in [0.1, 0.15) is 0 Å². The van der Waals surface area contributed by atoms with E-state index >= 15 is 0 Å². The number of rotatable bonds is 9. The Labute approximate surface area is 126 Å². The first-order valence-corrected chi connectivity index (χ1v) is 7.15. The molecular weight excluding hydrogens is 272 g/mol. The van der Waals surface area contributed by atoms with Gasteiger partial charge in [0.15, 0.2) is 11.5 Å². The fraction of sp³-hybridized carbons (Fsp3) is 0.562. The van der Waals surface area contributed by atoms with E-state index in [0.29, 0.717) is 29.4 Å². The van der Waals surface area contributed by atoms with E-state index in [0.717, 1.165) is 12.8 Å². The van der Waals surface area contributed by atoms with Crippen LogP contribution in [0.1, 0.15) is 43.0 Å². The Kier molecular flexibility index (Phi) is 7.43. The van der Waals surface area contributed by atoms with Crippen molar-refractivity contribution in [1.82, 2.24) is 0 Å². The summed E-state index contributed by atoms with van der Waals surface area (Å²) in [6.07, 6.45) is 4.47. The second-order valence-electron chi connectivity index (χ2n) is 4.61. The third kappa shape index (κ3) is 4.85. The van der Waals surface area contributed by atoms with Gasteiger partial charge in [-0.3, -0.25) is 0 Å². The molecule has 21 heavy (non-hydrogen) atoms. The molecule has 0 aliphatic carbocycles. The van der Waals surface area contributed by atoms with E-state index < -0.39 is 5.97 Å². The molecule has 0 aromatic heterocycles. The molecule has 118 valence electrons. The Hall–Kier alpha value is -1.91. The molecular formula is C16H24O5. The predicted molar refractivity (Wildman–Crippen MR) is 80.5 cm³/mol. The van der Waals surface area contributed by atoms with Gasteiger partial charge in [-0.25, -0.2) is 4.79 Å². The first kappa shape index (κ1) is 17.1. The van der Waals surface area contributed by atoms with Crippen molar-refractivity contribution < 1.29 is 23.7 Å². The molecule has 0 unspecified atom stereocenters. The molecule has 0 saturated carbocycles. The Morgan fingerprint density at radius 1 is 1.00 bits per heavy atom. The number of esters is 1. The van der Waals surface area contributed by atoms with Crippen LogP contribution in [0.2, 0.25) is 0 Å². The molecule has 1 aromatic rings. The van der Waals surface area contributed by atoms with Crippen molar-refractivity contribution in [3.63, 3.8) is 0 Å².